The van der Waals surface area contributed by atoms with Gasteiger partial charge in [0.05, 0.1) is 0 Å². The highest BCUT2D eigenvalue weighted by Gasteiger charge is 2.34. The summed E-state index contributed by atoms with van der Waals surface area (Å²) in [6, 6.07) is 5.53. The fraction of sp³-hybridized carbons (Fsp3) is 0.385. The first-order valence-electron chi connectivity index (χ1n) is 6.29. The highest BCUT2D eigenvalue weighted by atomic mass is 16.5. The fourth-order valence-electron chi connectivity index (χ4n) is 2.14. The van der Waals surface area contributed by atoms with Crippen molar-refractivity contribution in [1.29, 1.82) is 0 Å². The molecule has 1 aliphatic rings. The maximum absolute atomic E-state index is 10.8. The second-order valence-electron chi connectivity index (χ2n) is 4.65. The van der Waals surface area contributed by atoms with Crippen LogP contribution in [-0.4, -0.2) is 32.3 Å². The van der Waals surface area contributed by atoms with E-state index in [2.05, 4.69) is 15.1 Å². The van der Waals surface area contributed by atoms with Crippen LogP contribution in [0.15, 0.2) is 22.7 Å². The molecule has 3 heterocycles. The Morgan fingerprint density at radius 3 is 2.90 bits per heavy atom. The van der Waals surface area contributed by atoms with Crippen LogP contribution in [0, 0.1) is 6.92 Å². The van der Waals surface area contributed by atoms with Crippen molar-refractivity contribution in [2.24, 2.45) is 0 Å². The molecule has 1 fully saturated rings. The SMILES string of the molecule is Cc1cccc(-c2noc(C3CCC(C(=O)O)O3)n2)n1. The zero-order valence-electron chi connectivity index (χ0n) is 10.8. The lowest BCUT2D eigenvalue weighted by atomic mass is 10.2. The van der Waals surface area contributed by atoms with Crippen LogP contribution in [0.25, 0.3) is 11.5 Å². The fourth-order valence-corrected chi connectivity index (χ4v) is 2.14. The number of pyridine rings is 1. The van der Waals surface area contributed by atoms with Crippen molar-refractivity contribution >= 4 is 5.97 Å². The molecule has 104 valence electrons. The lowest BCUT2D eigenvalue weighted by molar-refractivity contribution is -0.150. The molecule has 1 N–H and O–H groups in total. The third-order valence-electron chi connectivity index (χ3n) is 3.13. The zero-order valence-corrected chi connectivity index (χ0v) is 10.8. The Morgan fingerprint density at radius 1 is 1.35 bits per heavy atom. The summed E-state index contributed by atoms with van der Waals surface area (Å²) in [4.78, 5) is 19.4. The van der Waals surface area contributed by atoms with E-state index < -0.39 is 18.2 Å². The minimum absolute atomic E-state index is 0.298. The number of rotatable bonds is 3. The predicted molar refractivity (Wildman–Crippen MR) is 66.7 cm³/mol. The van der Waals surface area contributed by atoms with E-state index in [-0.39, 0.29) is 0 Å². The quantitative estimate of drug-likeness (QED) is 0.910. The first kappa shape index (κ1) is 12.7. The standard InChI is InChI=1S/C13H13N3O4/c1-7-3-2-4-8(14-7)11-15-12(20-16-11)9-5-6-10(19-9)13(17)18/h2-4,9-10H,5-6H2,1H3,(H,17,18). The number of hydrogen-bond donors (Lipinski definition) is 1. The van der Waals surface area contributed by atoms with Crippen LogP contribution >= 0.6 is 0 Å². The summed E-state index contributed by atoms with van der Waals surface area (Å²) in [6.07, 6.45) is -0.255. The first-order valence-corrected chi connectivity index (χ1v) is 6.29. The molecular formula is C13H13N3O4. The van der Waals surface area contributed by atoms with Crippen molar-refractivity contribution in [3.63, 3.8) is 0 Å². The average Bonchev–Trinajstić information content (AvgIpc) is 3.08. The highest BCUT2D eigenvalue weighted by Crippen LogP contribution is 2.32. The molecule has 0 radical (unpaired) electrons. The Kier molecular flexibility index (Phi) is 3.19. The molecule has 1 saturated heterocycles. The number of aliphatic carboxylic acids is 1. The minimum Gasteiger partial charge on any atom is -0.479 e. The summed E-state index contributed by atoms with van der Waals surface area (Å²) >= 11 is 0. The molecule has 0 aromatic carbocycles. The molecule has 2 atom stereocenters. The van der Waals surface area contributed by atoms with Crippen LogP contribution in [-0.2, 0) is 9.53 Å². The molecule has 0 saturated carbocycles. The highest BCUT2D eigenvalue weighted by molar-refractivity contribution is 5.72. The monoisotopic (exact) mass is 275 g/mol. The number of hydrogen-bond acceptors (Lipinski definition) is 6. The Balaban J connectivity index is 1.79. The predicted octanol–water partition coefficient (Wildman–Crippen LogP) is 1.74. The van der Waals surface area contributed by atoms with Gasteiger partial charge in [0, 0.05) is 5.69 Å². The van der Waals surface area contributed by atoms with Crippen molar-refractivity contribution in [3.8, 4) is 11.5 Å². The molecule has 0 aliphatic carbocycles. The lowest BCUT2D eigenvalue weighted by Crippen LogP contribution is -2.18. The second kappa shape index (κ2) is 5.01. The third kappa shape index (κ3) is 2.39. The molecule has 20 heavy (non-hydrogen) atoms. The number of carboxylic acid groups (broad SMARTS) is 1. The smallest absolute Gasteiger partial charge is 0.332 e. The Morgan fingerprint density at radius 2 is 2.20 bits per heavy atom. The van der Waals surface area contributed by atoms with Gasteiger partial charge in [-0.05, 0) is 31.9 Å². The van der Waals surface area contributed by atoms with E-state index >= 15 is 0 Å². The topological polar surface area (TPSA) is 98.3 Å². The van der Waals surface area contributed by atoms with E-state index in [1.54, 1.807) is 6.07 Å². The second-order valence-corrected chi connectivity index (χ2v) is 4.65. The van der Waals surface area contributed by atoms with Crippen LogP contribution in [0.3, 0.4) is 0 Å². The molecule has 1 aliphatic heterocycles. The lowest BCUT2D eigenvalue weighted by Gasteiger charge is -2.05. The van der Waals surface area contributed by atoms with E-state index in [9.17, 15) is 4.79 Å². The van der Waals surface area contributed by atoms with Crippen molar-refractivity contribution < 1.29 is 19.2 Å². The maximum Gasteiger partial charge on any atom is 0.332 e. The summed E-state index contributed by atoms with van der Waals surface area (Å²) in [6.45, 7) is 1.88. The summed E-state index contributed by atoms with van der Waals surface area (Å²) < 4.78 is 10.5. The number of ether oxygens (including phenoxy) is 1. The number of nitrogens with zero attached hydrogens (tertiary/aromatic N) is 3. The third-order valence-corrected chi connectivity index (χ3v) is 3.13. The summed E-state index contributed by atoms with van der Waals surface area (Å²) in [5.74, 6) is -0.286. The molecule has 0 bridgehead atoms. The molecule has 2 aromatic heterocycles. The molecule has 2 aromatic rings. The van der Waals surface area contributed by atoms with Crippen LogP contribution in [0.4, 0.5) is 0 Å². The summed E-state index contributed by atoms with van der Waals surface area (Å²) in [5.41, 5.74) is 1.48. The van der Waals surface area contributed by atoms with Gasteiger partial charge in [-0.15, -0.1) is 0 Å². The van der Waals surface area contributed by atoms with Gasteiger partial charge in [0.15, 0.2) is 6.10 Å². The van der Waals surface area contributed by atoms with Gasteiger partial charge in [-0.2, -0.15) is 4.98 Å². The Hall–Kier alpha value is -2.28. The number of carbonyl (C=O) groups is 1. The average molecular weight is 275 g/mol. The van der Waals surface area contributed by atoms with E-state index in [1.807, 2.05) is 19.1 Å². The zero-order chi connectivity index (χ0) is 14.1. The van der Waals surface area contributed by atoms with Crippen molar-refractivity contribution in [3.05, 3.63) is 29.8 Å². The van der Waals surface area contributed by atoms with Crippen molar-refractivity contribution in [2.45, 2.75) is 32.0 Å². The summed E-state index contributed by atoms with van der Waals surface area (Å²) in [7, 11) is 0. The first-order chi connectivity index (χ1) is 9.63. The maximum atomic E-state index is 10.8. The molecular weight excluding hydrogens is 262 g/mol. The van der Waals surface area contributed by atoms with Gasteiger partial charge in [0.1, 0.15) is 11.8 Å². The van der Waals surface area contributed by atoms with Gasteiger partial charge in [0.2, 0.25) is 5.82 Å². The van der Waals surface area contributed by atoms with Gasteiger partial charge in [-0.25, -0.2) is 9.78 Å². The van der Waals surface area contributed by atoms with Gasteiger partial charge >= 0.3 is 5.97 Å². The normalized spacial score (nSPS) is 22.1. The molecule has 3 rings (SSSR count). The molecule has 7 nitrogen and oxygen atoms in total. The molecule has 7 heteroatoms. The number of aromatic nitrogens is 3. The van der Waals surface area contributed by atoms with E-state index in [4.69, 9.17) is 14.4 Å². The van der Waals surface area contributed by atoms with Crippen molar-refractivity contribution in [2.75, 3.05) is 0 Å². The Bertz CT molecular complexity index is 640. The van der Waals surface area contributed by atoms with Gasteiger partial charge < -0.3 is 14.4 Å². The van der Waals surface area contributed by atoms with Gasteiger partial charge in [-0.1, -0.05) is 11.2 Å². The van der Waals surface area contributed by atoms with Crippen molar-refractivity contribution in [1.82, 2.24) is 15.1 Å². The van der Waals surface area contributed by atoms with E-state index in [0.717, 1.165) is 5.69 Å². The largest absolute Gasteiger partial charge is 0.479 e. The van der Waals surface area contributed by atoms with Gasteiger partial charge in [-0.3, -0.25) is 0 Å². The molecule has 0 amide bonds. The molecule has 2 unspecified atom stereocenters. The van der Waals surface area contributed by atoms with Crippen LogP contribution in [0.5, 0.6) is 0 Å². The van der Waals surface area contributed by atoms with Crippen LogP contribution in [0.1, 0.15) is 30.5 Å². The van der Waals surface area contributed by atoms with E-state index in [0.29, 0.717) is 30.3 Å². The number of aryl methyl sites for hydroxylation is 1. The molecule has 0 spiro atoms. The van der Waals surface area contributed by atoms with Gasteiger partial charge in [0.25, 0.3) is 5.89 Å². The minimum atomic E-state index is -0.965. The van der Waals surface area contributed by atoms with Crippen LogP contribution < -0.4 is 0 Å². The Labute approximate surface area is 114 Å². The summed E-state index contributed by atoms with van der Waals surface area (Å²) in [5, 5.41) is 12.8. The van der Waals surface area contributed by atoms with Crippen LogP contribution in [0.2, 0.25) is 0 Å². The van der Waals surface area contributed by atoms with E-state index in [1.165, 1.54) is 0 Å². The number of carboxylic acids is 1.